The number of rotatable bonds is 3. The molecule has 1 heterocycles. The van der Waals surface area contributed by atoms with Crippen molar-refractivity contribution in [3.63, 3.8) is 0 Å². The second-order valence-electron chi connectivity index (χ2n) is 4.49. The molecule has 2 amide bonds. The van der Waals surface area contributed by atoms with Gasteiger partial charge in [-0.25, -0.2) is 0 Å². The number of nitrogens with zero attached hydrogens (tertiary/aromatic N) is 2. The van der Waals surface area contributed by atoms with Gasteiger partial charge in [0.2, 0.25) is 0 Å². The lowest BCUT2D eigenvalue weighted by atomic mass is 10.1. The molecule has 0 saturated carbocycles. The maximum atomic E-state index is 12.1. The van der Waals surface area contributed by atoms with Crippen LogP contribution in [0.1, 0.15) is 26.3 Å². The second-order valence-corrected chi connectivity index (χ2v) is 5.37. The van der Waals surface area contributed by atoms with Crippen LogP contribution in [-0.4, -0.2) is 29.3 Å². The van der Waals surface area contributed by atoms with Crippen LogP contribution in [0.4, 0.5) is 0 Å². The highest BCUT2D eigenvalue weighted by Gasteiger charge is 2.35. The van der Waals surface area contributed by atoms with E-state index in [1.807, 2.05) is 30.5 Å². The van der Waals surface area contributed by atoms with Crippen LogP contribution in [0.3, 0.4) is 0 Å². The Balaban J connectivity index is 1.84. The number of benzene rings is 2. The van der Waals surface area contributed by atoms with Gasteiger partial charge < -0.3 is 0 Å². The average molecular weight is 296 g/mol. The molecule has 0 bridgehead atoms. The SMILES string of the molecule is CSc1ccc(/C=N\N2C(=O)c3ccccc3C2=O)cc1. The monoisotopic (exact) mass is 296 g/mol. The van der Waals surface area contributed by atoms with Crippen molar-refractivity contribution in [2.75, 3.05) is 6.26 Å². The van der Waals surface area contributed by atoms with Gasteiger partial charge in [0.25, 0.3) is 11.8 Å². The van der Waals surface area contributed by atoms with Gasteiger partial charge in [0.15, 0.2) is 0 Å². The smallest absolute Gasteiger partial charge is 0.267 e. The lowest BCUT2D eigenvalue weighted by Gasteiger charge is -2.05. The van der Waals surface area contributed by atoms with Crippen molar-refractivity contribution >= 4 is 29.8 Å². The van der Waals surface area contributed by atoms with Crippen LogP contribution >= 0.6 is 11.8 Å². The molecule has 0 radical (unpaired) electrons. The number of amides is 2. The molecule has 4 nitrogen and oxygen atoms in total. The first kappa shape index (κ1) is 13.6. The highest BCUT2D eigenvalue weighted by molar-refractivity contribution is 7.98. The minimum atomic E-state index is -0.382. The van der Waals surface area contributed by atoms with E-state index in [0.29, 0.717) is 11.1 Å². The highest BCUT2D eigenvalue weighted by Crippen LogP contribution is 2.22. The van der Waals surface area contributed by atoms with Crippen molar-refractivity contribution in [3.8, 4) is 0 Å². The fraction of sp³-hybridized carbons (Fsp3) is 0.0625. The third-order valence-corrected chi connectivity index (χ3v) is 3.95. The van der Waals surface area contributed by atoms with Gasteiger partial charge in [-0.15, -0.1) is 11.8 Å². The molecule has 5 heteroatoms. The molecule has 104 valence electrons. The molecular formula is C16H12N2O2S. The number of hydrogen-bond acceptors (Lipinski definition) is 4. The normalized spacial score (nSPS) is 14.0. The Morgan fingerprint density at radius 1 is 0.952 bits per heavy atom. The summed E-state index contributed by atoms with van der Waals surface area (Å²) in [5.74, 6) is -0.764. The van der Waals surface area contributed by atoms with Gasteiger partial charge in [0.05, 0.1) is 17.3 Å². The summed E-state index contributed by atoms with van der Waals surface area (Å²) in [7, 11) is 0. The highest BCUT2D eigenvalue weighted by atomic mass is 32.2. The van der Waals surface area contributed by atoms with Gasteiger partial charge in [0.1, 0.15) is 0 Å². The van der Waals surface area contributed by atoms with Crippen LogP contribution in [-0.2, 0) is 0 Å². The number of imide groups is 1. The van der Waals surface area contributed by atoms with E-state index in [9.17, 15) is 9.59 Å². The fourth-order valence-electron chi connectivity index (χ4n) is 2.10. The van der Waals surface area contributed by atoms with Gasteiger partial charge in [0, 0.05) is 4.90 Å². The van der Waals surface area contributed by atoms with E-state index in [1.54, 1.807) is 36.0 Å². The summed E-state index contributed by atoms with van der Waals surface area (Å²) in [6.45, 7) is 0. The molecule has 0 spiro atoms. The van der Waals surface area contributed by atoms with Crippen LogP contribution in [0.15, 0.2) is 58.5 Å². The number of thioether (sulfide) groups is 1. The predicted octanol–water partition coefficient (Wildman–Crippen LogP) is 3.04. The zero-order valence-electron chi connectivity index (χ0n) is 11.3. The van der Waals surface area contributed by atoms with E-state index in [1.165, 1.54) is 6.21 Å². The maximum Gasteiger partial charge on any atom is 0.282 e. The Bertz CT molecular complexity index is 703. The average Bonchev–Trinajstić information content (AvgIpc) is 2.78. The van der Waals surface area contributed by atoms with Crippen molar-refractivity contribution in [2.45, 2.75) is 4.90 Å². The summed E-state index contributed by atoms with van der Waals surface area (Å²) < 4.78 is 0. The minimum Gasteiger partial charge on any atom is -0.267 e. The van der Waals surface area contributed by atoms with Crippen molar-refractivity contribution in [3.05, 3.63) is 65.2 Å². The lowest BCUT2D eigenvalue weighted by molar-refractivity contribution is 0.0660. The largest absolute Gasteiger partial charge is 0.282 e. The summed E-state index contributed by atoms with van der Waals surface area (Å²) in [6, 6.07) is 14.5. The van der Waals surface area contributed by atoms with Crippen molar-refractivity contribution in [1.29, 1.82) is 0 Å². The molecule has 0 aromatic heterocycles. The molecule has 0 atom stereocenters. The number of hydrogen-bond donors (Lipinski definition) is 0. The Morgan fingerprint density at radius 3 is 2.05 bits per heavy atom. The van der Waals surface area contributed by atoms with Gasteiger partial charge in [-0.2, -0.15) is 10.1 Å². The molecule has 1 aliphatic heterocycles. The quantitative estimate of drug-likeness (QED) is 0.497. The first-order valence-corrected chi connectivity index (χ1v) is 7.59. The molecule has 0 aliphatic carbocycles. The van der Waals surface area contributed by atoms with E-state index in [0.717, 1.165) is 15.5 Å². The first-order valence-electron chi connectivity index (χ1n) is 6.36. The molecule has 21 heavy (non-hydrogen) atoms. The van der Waals surface area contributed by atoms with Gasteiger partial charge in [-0.05, 0) is 36.1 Å². The molecule has 2 aromatic rings. The van der Waals surface area contributed by atoms with E-state index < -0.39 is 0 Å². The molecular weight excluding hydrogens is 284 g/mol. The number of carbonyl (C=O) groups is 2. The Labute approximate surface area is 126 Å². The van der Waals surface area contributed by atoms with Crippen molar-refractivity contribution in [2.24, 2.45) is 5.10 Å². The maximum absolute atomic E-state index is 12.1. The van der Waals surface area contributed by atoms with Crippen LogP contribution in [0.5, 0.6) is 0 Å². The van der Waals surface area contributed by atoms with Gasteiger partial charge in [-0.1, -0.05) is 24.3 Å². The van der Waals surface area contributed by atoms with Crippen molar-refractivity contribution in [1.82, 2.24) is 5.01 Å². The summed E-state index contributed by atoms with van der Waals surface area (Å²) in [4.78, 5) is 25.4. The Hall–Kier alpha value is -2.40. The molecule has 3 rings (SSSR count). The molecule has 1 aliphatic rings. The predicted molar refractivity (Wildman–Crippen MR) is 82.8 cm³/mol. The van der Waals surface area contributed by atoms with Gasteiger partial charge >= 0.3 is 0 Å². The second kappa shape index (κ2) is 5.54. The fourth-order valence-corrected chi connectivity index (χ4v) is 2.50. The van der Waals surface area contributed by atoms with Crippen LogP contribution in [0.2, 0.25) is 0 Å². The number of fused-ring (bicyclic) bond motifs is 1. The summed E-state index contributed by atoms with van der Waals surface area (Å²) in [5, 5.41) is 4.94. The Morgan fingerprint density at radius 2 is 1.52 bits per heavy atom. The van der Waals surface area contributed by atoms with E-state index in [4.69, 9.17) is 0 Å². The third-order valence-electron chi connectivity index (χ3n) is 3.21. The number of hydrazone groups is 1. The van der Waals surface area contributed by atoms with Crippen LogP contribution in [0, 0.1) is 0 Å². The number of carbonyl (C=O) groups excluding carboxylic acids is 2. The third kappa shape index (κ3) is 2.48. The molecule has 0 saturated heterocycles. The first-order chi connectivity index (χ1) is 10.2. The van der Waals surface area contributed by atoms with Gasteiger partial charge in [-0.3, -0.25) is 9.59 Å². The topological polar surface area (TPSA) is 49.7 Å². The molecule has 0 unspecified atom stereocenters. The minimum absolute atomic E-state index is 0.382. The summed E-state index contributed by atoms with van der Waals surface area (Å²) in [5.41, 5.74) is 1.64. The molecule has 0 fully saturated rings. The lowest BCUT2D eigenvalue weighted by Crippen LogP contribution is -2.23. The standard InChI is InChI=1S/C16H12N2O2S/c1-21-12-8-6-11(7-9-12)10-17-18-15(19)13-4-2-3-5-14(13)16(18)20/h2-10H,1H3/b17-10-. The molecule has 2 aromatic carbocycles. The summed E-state index contributed by atoms with van der Waals surface area (Å²) >= 11 is 1.65. The zero-order chi connectivity index (χ0) is 14.8. The van der Waals surface area contributed by atoms with Crippen LogP contribution < -0.4 is 0 Å². The van der Waals surface area contributed by atoms with E-state index >= 15 is 0 Å². The van der Waals surface area contributed by atoms with E-state index in [-0.39, 0.29) is 11.8 Å². The Kier molecular flexibility index (Phi) is 3.58. The molecule has 0 N–H and O–H groups in total. The zero-order valence-corrected chi connectivity index (χ0v) is 12.1. The van der Waals surface area contributed by atoms with E-state index in [2.05, 4.69) is 5.10 Å². The van der Waals surface area contributed by atoms with Crippen LogP contribution in [0.25, 0.3) is 0 Å². The summed E-state index contributed by atoms with van der Waals surface area (Å²) in [6.07, 6.45) is 3.52. The van der Waals surface area contributed by atoms with Crippen molar-refractivity contribution < 1.29 is 9.59 Å².